The van der Waals surface area contributed by atoms with Gasteiger partial charge in [0.05, 0.1) is 5.75 Å². The Hall–Kier alpha value is -3.05. The first kappa shape index (κ1) is 25.6. The van der Waals surface area contributed by atoms with Crippen molar-refractivity contribution in [3.63, 3.8) is 0 Å². The lowest BCUT2D eigenvalue weighted by Crippen LogP contribution is -2.51. The fourth-order valence-corrected chi connectivity index (χ4v) is 4.49. The summed E-state index contributed by atoms with van der Waals surface area (Å²) < 4.78 is 0. The quantitative estimate of drug-likeness (QED) is 0.273. The van der Waals surface area contributed by atoms with Crippen LogP contribution in [0.2, 0.25) is 0 Å². The molecule has 3 aromatic carbocycles. The number of amides is 2. The maximum atomic E-state index is 13.6. The molecular formula is C29H34N2O2S. The minimum Gasteiger partial charge on any atom is -0.354 e. The number of hydrogen-bond donors (Lipinski definition) is 1. The normalized spacial score (nSPS) is 11.6. The molecule has 0 saturated carbocycles. The molecule has 2 amide bonds. The molecule has 178 valence electrons. The molecule has 0 fully saturated rings. The van der Waals surface area contributed by atoms with E-state index in [1.165, 1.54) is 17.3 Å². The van der Waals surface area contributed by atoms with Gasteiger partial charge in [0, 0.05) is 24.4 Å². The van der Waals surface area contributed by atoms with Gasteiger partial charge < -0.3 is 10.2 Å². The maximum absolute atomic E-state index is 13.6. The van der Waals surface area contributed by atoms with Gasteiger partial charge in [-0.15, -0.1) is 11.8 Å². The Bertz CT molecular complexity index is 1020. The molecule has 0 aliphatic rings. The van der Waals surface area contributed by atoms with E-state index in [1.54, 1.807) is 4.90 Å². The van der Waals surface area contributed by atoms with Crippen molar-refractivity contribution in [2.75, 3.05) is 12.3 Å². The number of nitrogens with one attached hydrogen (secondary N) is 1. The molecule has 0 aliphatic heterocycles. The zero-order valence-electron chi connectivity index (χ0n) is 20.1. The van der Waals surface area contributed by atoms with E-state index < -0.39 is 6.04 Å². The van der Waals surface area contributed by atoms with Gasteiger partial charge in [-0.25, -0.2) is 0 Å². The minimum atomic E-state index is -0.578. The van der Waals surface area contributed by atoms with Gasteiger partial charge in [0.25, 0.3) is 0 Å². The van der Waals surface area contributed by atoms with Crippen molar-refractivity contribution in [1.29, 1.82) is 0 Å². The number of carbonyl (C=O) groups excluding carboxylic acids is 2. The zero-order valence-corrected chi connectivity index (χ0v) is 20.9. The first-order valence-corrected chi connectivity index (χ1v) is 12.9. The summed E-state index contributed by atoms with van der Waals surface area (Å²) in [6, 6.07) is 27.4. The molecule has 3 rings (SSSR count). The first-order valence-electron chi connectivity index (χ1n) is 11.9. The van der Waals surface area contributed by atoms with Crippen LogP contribution in [-0.2, 0) is 22.6 Å². The van der Waals surface area contributed by atoms with E-state index in [9.17, 15) is 9.59 Å². The predicted octanol–water partition coefficient (Wildman–Crippen LogP) is 5.64. The SMILES string of the molecule is CCCCNC(=O)C(Cc1ccccc1)N(Cc1ccccc1)C(=O)CSc1ccc(C)cc1. The number of thioether (sulfide) groups is 1. The summed E-state index contributed by atoms with van der Waals surface area (Å²) in [4.78, 5) is 29.7. The van der Waals surface area contributed by atoms with Gasteiger partial charge in [-0.05, 0) is 36.6 Å². The molecule has 0 spiro atoms. The van der Waals surface area contributed by atoms with Crippen LogP contribution in [0.4, 0.5) is 0 Å². The van der Waals surface area contributed by atoms with Gasteiger partial charge >= 0.3 is 0 Å². The van der Waals surface area contributed by atoms with Crippen LogP contribution in [0.25, 0.3) is 0 Å². The lowest BCUT2D eigenvalue weighted by molar-refractivity contribution is -0.139. The first-order chi connectivity index (χ1) is 16.6. The van der Waals surface area contributed by atoms with E-state index in [0.29, 0.717) is 19.5 Å². The Morgan fingerprint density at radius 1 is 0.882 bits per heavy atom. The van der Waals surface area contributed by atoms with Crippen molar-refractivity contribution >= 4 is 23.6 Å². The third-order valence-corrected chi connectivity index (χ3v) is 6.68. The highest BCUT2D eigenvalue weighted by atomic mass is 32.2. The van der Waals surface area contributed by atoms with Crippen molar-refractivity contribution in [2.24, 2.45) is 0 Å². The predicted molar refractivity (Wildman–Crippen MR) is 141 cm³/mol. The maximum Gasteiger partial charge on any atom is 0.243 e. The summed E-state index contributed by atoms with van der Waals surface area (Å²) >= 11 is 1.51. The number of rotatable bonds is 12. The fraction of sp³-hybridized carbons (Fsp3) is 0.310. The number of hydrogen-bond acceptors (Lipinski definition) is 3. The van der Waals surface area contributed by atoms with Gasteiger partial charge in [0.15, 0.2) is 0 Å². The summed E-state index contributed by atoms with van der Waals surface area (Å²) in [6.07, 6.45) is 2.40. The minimum absolute atomic E-state index is 0.0407. The summed E-state index contributed by atoms with van der Waals surface area (Å²) in [5.74, 6) is 0.145. The summed E-state index contributed by atoms with van der Waals surface area (Å²) in [7, 11) is 0. The molecule has 5 heteroatoms. The molecule has 0 saturated heterocycles. The number of nitrogens with zero attached hydrogens (tertiary/aromatic N) is 1. The van der Waals surface area contributed by atoms with Crippen molar-refractivity contribution in [2.45, 2.75) is 50.6 Å². The zero-order chi connectivity index (χ0) is 24.2. The third-order valence-electron chi connectivity index (χ3n) is 5.68. The van der Waals surface area contributed by atoms with E-state index >= 15 is 0 Å². The Morgan fingerprint density at radius 2 is 1.50 bits per heavy atom. The van der Waals surface area contributed by atoms with Gasteiger partial charge in [0.1, 0.15) is 6.04 Å². The second-order valence-corrected chi connectivity index (χ2v) is 9.51. The number of benzene rings is 3. The largest absolute Gasteiger partial charge is 0.354 e. The monoisotopic (exact) mass is 474 g/mol. The smallest absolute Gasteiger partial charge is 0.243 e. The molecule has 4 nitrogen and oxygen atoms in total. The van der Waals surface area contributed by atoms with Gasteiger partial charge in [-0.3, -0.25) is 9.59 Å². The topological polar surface area (TPSA) is 49.4 Å². The second kappa shape index (κ2) is 13.6. The highest BCUT2D eigenvalue weighted by Crippen LogP contribution is 2.21. The van der Waals surface area contributed by atoms with Crippen LogP contribution in [0.1, 0.15) is 36.5 Å². The highest BCUT2D eigenvalue weighted by molar-refractivity contribution is 8.00. The fourth-order valence-electron chi connectivity index (χ4n) is 3.70. The molecule has 0 aromatic heterocycles. The van der Waals surface area contributed by atoms with Crippen LogP contribution in [0.5, 0.6) is 0 Å². The van der Waals surface area contributed by atoms with E-state index in [0.717, 1.165) is 28.9 Å². The molecule has 0 radical (unpaired) electrons. The number of carbonyl (C=O) groups is 2. The van der Waals surface area contributed by atoms with Crippen LogP contribution in [-0.4, -0.2) is 35.1 Å². The summed E-state index contributed by atoms with van der Waals surface area (Å²) in [6.45, 7) is 5.16. The molecule has 1 N–H and O–H groups in total. The molecule has 1 unspecified atom stereocenters. The van der Waals surface area contributed by atoms with Gasteiger partial charge in [-0.2, -0.15) is 0 Å². The van der Waals surface area contributed by atoms with E-state index in [1.807, 2.05) is 91.9 Å². The molecule has 0 heterocycles. The van der Waals surface area contributed by atoms with Crippen LogP contribution < -0.4 is 5.32 Å². The van der Waals surface area contributed by atoms with Crippen molar-refractivity contribution in [3.05, 3.63) is 102 Å². The molecule has 0 aliphatic carbocycles. The van der Waals surface area contributed by atoms with Crippen LogP contribution >= 0.6 is 11.8 Å². The Balaban J connectivity index is 1.85. The van der Waals surface area contributed by atoms with Crippen molar-refractivity contribution in [3.8, 4) is 0 Å². The molecular weight excluding hydrogens is 440 g/mol. The molecule has 34 heavy (non-hydrogen) atoms. The summed E-state index contributed by atoms with van der Waals surface area (Å²) in [5, 5.41) is 3.07. The second-order valence-electron chi connectivity index (χ2n) is 8.46. The van der Waals surface area contributed by atoms with Crippen LogP contribution in [0.15, 0.2) is 89.8 Å². The van der Waals surface area contributed by atoms with E-state index in [4.69, 9.17) is 0 Å². The van der Waals surface area contributed by atoms with Crippen molar-refractivity contribution in [1.82, 2.24) is 10.2 Å². The Labute approximate surface area is 207 Å². The average molecular weight is 475 g/mol. The van der Waals surface area contributed by atoms with E-state index in [-0.39, 0.29) is 17.6 Å². The highest BCUT2D eigenvalue weighted by Gasteiger charge is 2.30. The van der Waals surface area contributed by atoms with Gasteiger partial charge in [-0.1, -0.05) is 91.7 Å². The number of unbranched alkanes of at least 4 members (excludes halogenated alkanes) is 1. The van der Waals surface area contributed by atoms with Crippen molar-refractivity contribution < 1.29 is 9.59 Å². The summed E-state index contributed by atoms with van der Waals surface area (Å²) in [5.41, 5.74) is 3.24. The van der Waals surface area contributed by atoms with Gasteiger partial charge in [0.2, 0.25) is 11.8 Å². The van der Waals surface area contributed by atoms with E-state index in [2.05, 4.69) is 12.2 Å². The molecule has 3 aromatic rings. The lowest BCUT2D eigenvalue weighted by Gasteiger charge is -2.31. The lowest BCUT2D eigenvalue weighted by atomic mass is 10.0. The standard InChI is InChI=1S/C29H34N2O2S/c1-3-4-19-30-29(33)27(20-24-11-7-5-8-12-24)31(21-25-13-9-6-10-14-25)28(32)22-34-26-17-15-23(2)16-18-26/h5-18,27H,3-4,19-22H2,1-2H3,(H,30,33). The molecule has 0 bridgehead atoms. The third kappa shape index (κ3) is 8.07. The molecule has 1 atom stereocenters. The number of aryl methyl sites for hydroxylation is 1. The van der Waals surface area contributed by atoms with Crippen LogP contribution in [0, 0.1) is 6.92 Å². The Morgan fingerprint density at radius 3 is 2.12 bits per heavy atom. The Kier molecular flexibility index (Phi) is 10.2. The van der Waals surface area contributed by atoms with Crippen LogP contribution in [0.3, 0.4) is 0 Å². The average Bonchev–Trinajstić information content (AvgIpc) is 2.87.